The Morgan fingerprint density at radius 1 is 1.33 bits per heavy atom. The molecule has 36 heavy (non-hydrogen) atoms. The van der Waals surface area contributed by atoms with Crippen LogP contribution in [0.4, 0.5) is 5.82 Å². The van der Waals surface area contributed by atoms with E-state index in [2.05, 4.69) is 38.6 Å². The summed E-state index contributed by atoms with van der Waals surface area (Å²) >= 11 is 0. The predicted octanol–water partition coefficient (Wildman–Crippen LogP) is 1.21. The standard InChI is InChI=1S/C26H37N7O3/c1-5-36-18-10-19(24-20-12-28-30-25(20)31-33(24)13-18)17-6-7-23(27-11-17)32-9-8-21(22(34)14-32)29-26(35)16(4)15(2)3/h6-7,10-11,13,15-16,21-22,25,28,30-31,34H,5,8-9,12,14H2,1-4H3,(H,29,35)/t16?,21-,22+,25?/m0/s1. The summed E-state index contributed by atoms with van der Waals surface area (Å²) in [5.74, 6) is 1.80. The van der Waals surface area contributed by atoms with Crippen molar-refractivity contribution in [3.8, 4) is 0 Å². The molecule has 1 aromatic rings. The molecule has 10 nitrogen and oxygen atoms in total. The molecule has 2 unspecified atom stereocenters. The fourth-order valence-corrected chi connectivity index (χ4v) is 5.03. The summed E-state index contributed by atoms with van der Waals surface area (Å²) in [5.41, 5.74) is 14.3. The number of amides is 1. The van der Waals surface area contributed by atoms with Gasteiger partial charge in [0.05, 0.1) is 30.6 Å². The Morgan fingerprint density at radius 2 is 2.17 bits per heavy atom. The minimum Gasteiger partial charge on any atom is -0.492 e. The Labute approximate surface area is 212 Å². The quantitative estimate of drug-likeness (QED) is 0.381. The van der Waals surface area contributed by atoms with Crippen LogP contribution >= 0.6 is 0 Å². The van der Waals surface area contributed by atoms with E-state index >= 15 is 0 Å². The maximum atomic E-state index is 12.5. The maximum absolute atomic E-state index is 12.5. The van der Waals surface area contributed by atoms with E-state index in [1.807, 2.05) is 51.2 Å². The Kier molecular flexibility index (Phi) is 7.03. The zero-order valence-electron chi connectivity index (χ0n) is 21.4. The summed E-state index contributed by atoms with van der Waals surface area (Å²) in [5, 5.41) is 15.8. The average Bonchev–Trinajstić information content (AvgIpc) is 3.46. The van der Waals surface area contributed by atoms with E-state index in [9.17, 15) is 9.90 Å². The third-order valence-corrected chi connectivity index (χ3v) is 7.50. The van der Waals surface area contributed by atoms with E-state index in [0.29, 0.717) is 19.6 Å². The summed E-state index contributed by atoms with van der Waals surface area (Å²) in [4.78, 5) is 19.3. The lowest BCUT2D eigenvalue weighted by molar-refractivity contribution is -0.127. The predicted molar refractivity (Wildman–Crippen MR) is 138 cm³/mol. The zero-order chi connectivity index (χ0) is 25.4. The number of ether oxygens (including phenoxy) is 1. The van der Waals surface area contributed by atoms with Gasteiger partial charge < -0.3 is 20.1 Å². The molecule has 5 N–H and O–H groups in total. The van der Waals surface area contributed by atoms with Gasteiger partial charge >= 0.3 is 0 Å². The van der Waals surface area contributed by atoms with Crippen molar-refractivity contribution in [1.82, 2.24) is 31.6 Å². The minimum absolute atomic E-state index is 0.00641. The first-order chi connectivity index (χ1) is 17.4. The lowest BCUT2D eigenvalue weighted by Gasteiger charge is -2.37. The molecule has 194 valence electrons. The van der Waals surface area contributed by atoms with Crippen molar-refractivity contribution in [2.24, 2.45) is 11.8 Å². The molecule has 1 amide bonds. The second kappa shape index (κ2) is 10.2. The van der Waals surface area contributed by atoms with Crippen LogP contribution in [-0.4, -0.2) is 65.6 Å². The normalized spacial score (nSPS) is 26.4. The van der Waals surface area contributed by atoms with E-state index in [-0.39, 0.29) is 30.0 Å². The highest BCUT2D eigenvalue weighted by Gasteiger charge is 2.37. The van der Waals surface area contributed by atoms with Crippen molar-refractivity contribution in [3.05, 3.63) is 53.2 Å². The number of allylic oxidation sites excluding steroid dienone is 2. The molecule has 4 aliphatic rings. The number of piperidine rings is 1. The molecule has 2 saturated heterocycles. The number of aliphatic hydroxyl groups excluding tert-OH is 1. The van der Waals surface area contributed by atoms with Crippen LogP contribution in [-0.2, 0) is 9.53 Å². The van der Waals surface area contributed by atoms with Crippen LogP contribution in [0, 0.1) is 11.8 Å². The first kappa shape index (κ1) is 24.8. The molecule has 1 aromatic heterocycles. The number of rotatable bonds is 7. The molecule has 4 atom stereocenters. The van der Waals surface area contributed by atoms with Crippen molar-refractivity contribution >= 4 is 17.3 Å². The van der Waals surface area contributed by atoms with Crippen molar-refractivity contribution in [3.63, 3.8) is 0 Å². The molecule has 0 aliphatic carbocycles. The Balaban J connectivity index is 1.30. The smallest absolute Gasteiger partial charge is 0.223 e. The maximum Gasteiger partial charge on any atom is 0.223 e. The molecule has 4 aliphatic heterocycles. The highest BCUT2D eigenvalue weighted by atomic mass is 16.5. The van der Waals surface area contributed by atoms with Gasteiger partial charge in [-0.2, -0.15) is 0 Å². The number of fused-ring (bicyclic) bond motifs is 2. The highest BCUT2D eigenvalue weighted by molar-refractivity contribution is 5.83. The molecule has 10 heteroatoms. The lowest BCUT2D eigenvalue weighted by Crippen LogP contribution is -2.55. The van der Waals surface area contributed by atoms with Gasteiger partial charge in [-0.05, 0) is 37.5 Å². The highest BCUT2D eigenvalue weighted by Crippen LogP contribution is 2.38. The van der Waals surface area contributed by atoms with Crippen LogP contribution in [0.2, 0.25) is 0 Å². The Bertz CT molecular complexity index is 1080. The van der Waals surface area contributed by atoms with Gasteiger partial charge in [0, 0.05) is 48.5 Å². The molecule has 0 saturated carbocycles. The van der Waals surface area contributed by atoms with Gasteiger partial charge in [0.1, 0.15) is 17.7 Å². The lowest BCUT2D eigenvalue weighted by atomic mass is 9.95. The first-order valence-corrected chi connectivity index (χ1v) is 12.9. The number of carbonyl (C=O) groups excluding carboxylic acids is 1. The van der Waals surface area contributed by atoms with Crippen molar-refractivity contribution < 1.29 is 14.6 Å². The van der Waals surface area contributed by atoms with Crippen molar-refractivity contribution in [1.29, 1.82) is 0 Å². The summed E-state index contributed by atoms with van der Waals surface area (Å²) in [6.07, 6.45) is 6.00. The van der Waals surface area contributed by atoms with Gasteiger partial charge in [0.25, 0.3) is 0 Å². The number of pyridine rings is 1. The van der Waals surface area contributed by atoms with Gasteiger partial charge in [-0.25, -0.2) is 15.8 Å². The minimum atomic E-state index is -0.646. The summed E-state index contributed by atoms with van der Waals surface area (Å²) < 4.78 is 5.82. The number of aromatic nitrogens is 1. The van der Waals surface area contributed by atoms with Crippen LogP contribution in [0.25, 0.3) is 5.57 Å². The molecular formula is C26H37N7O3. The fourth-order valence-electron chi connectivity index (χ4n) is 5.03. The molecule has 0 bridgehead atoms. The SMILES string of the molecule is CCOC1=CN2NC3NNCC3=C2C(c2ccc(N3CC[C@H](NC(=O)C(C)C(C)C)[C@H](O)C3)nc2)=C1. The summed E-state index contributed by atoms with van der Waals surface area (Å²) in [7, 11) is 0. The third kappa shape index (κ3) is 4.73. The number of anilines is 1. The first-order valence-electron chi connectivity index (χ1n) is 12.9. The Hall–Kier alpha value is -2.92. The number of β-amino-alcohol motifs (C(OH)–C–C–N with tert-alkyl or cyclic N) is 1. The molecule has 0 aromatic carbocycles. The van der Waals surface area contributed by atoms with Crippen LogP contribution in [0.1, 0.15) is 39.7 Å². The summed E-state index contributed by atoms with van der Waals surface area (Å²) in [6, 6.07) is 3.84. The molecule has 5 heterocycles. The van der Waals surface area contributed by atoms with E-state index in [4.69, 9.17) is 9.72 Å². The number of hydrogen-bond donors (Lipinski definition) is 5. The molecule has 2 fully saturated rings. The molecule has 5 rings (SSSR count). The number of carbonyl (C=O) groups is 1. The summed E-state index contributed by atoms with van der Waals surface area (Å²) in [6.45, 7) is 10.5. The van der Waals surface area contributed by atoms with E-state index in [1.165, 1.54) is 5.57 Å². The van der Waals surface area contributed by atoms with E-state index < -0.39 is 6.10 Å². The van der Waals surface area contributed by atoms with E-state index in [0.717, 1.165) is 41.5 Å². The van der Waals surface area contributed by atoms with Gasteiger partial charge in [-0.15, -0.1) is 0 Å². The van der Waals surface area contributed by atoms with Crippen molar-refractivity contribution in [2.75, 3.05) is 31.1 Å². The molecular weight excluding hydrogens is 458 g/mol. The Morgan fingerprint density at radius 3 is 2.86 bits per heavy atom. The van der Waals surface area contributed by atoms with Crippen LogP contribution in [0.15, 0.2) is 47.6 Å². The monoisotopic (exact) mass is 495 g/mol. The largest absolute Gasteiger partial charge is 0.492 e. The van der Waals surface area contributed by atoms with Gasteiger partial charge in [0.2, 0.25) is 5.91 Å². The zero-order valence-corrected chi connectivity index (χ0v) is 21.4. The van der Waals surface area contributed by atoms with Crippen LogP contribution < -0.4 is 26.5 Å². The van der Waals surface area contributed by atoms with Crippen LogP contribution in [0.5, 0.6) is 0 Å². The second-order valence-electron chi connectivity index (χ2n) is 10.2. The molecule has 0 radical (unpaired) electrons. The van der Waals surface area contributed by atoms with E-state index in [1.54, 1.807) is 0 Å². The number of nitrogens with one attached hydrogen (secondary N) is 4. The van der Waals surface area contributed by atoms with Gasteiger partial charge in [-0.1, -0.05) is 20.8 Å². The number of hydrazine groups is 2. The van der Waals surface area contributed by atoms with Crippen molar-refractivity contribution in [2.45, 2.75) is 52.4 Å². The third-order valence-electron chi connectivity index (χ3n) is 7.50. The van der Waals surface area contributed by atoms with Crippen LogP contribution in [0.3, 0.4) is 0 Å². The second-order valence-corrected chi connectivity index (χ2v) is 10.2. The molecule has 0 spiro atoms. The topological polar surface area (TPSA) is 114 Å². The number of nitrogens with zero attached hydrogens (tertiary/aromatic N) is 3. The number of aliphatic hydroxyl groups is 1. The average molecular weight is 496 g/mol. The van der Waals surface area contributed by atoms with Gasteiger partial charge in [-0.3, -0.25) is 15.2 Å². The number of hydrogen-bond acceptors (Lipinski definition) is 9. The fraction of sp³-hybridized carbons (Fsp3) is 0.538. The van der Waals surface area contributed by atoms with Gasteiger partial charge in [0.15, 0.2) is 0 Å².